The fourth-order valence-electron chi connectivity index (χ4n) is 2.09. The second kappa shape index (κ2) is 20.2. The molecule has 0 spiro atoms. The number of methoxy groups -OCH3 is 1. The molecular formula is C19H38O3. The maximum absolute atomic E-state index is 10.6. The van der Waals surface area contributed by atoms with E-state index in [0.717, 1.165) is 32.1 Å². The minimum atomic E-state index is -0.149. The number of aliphatic hydroxyl groups is 1. The summed E-state index contributed by atoms with van der Waals surface area (Å²) in [6.45, 7) is 7.96. The zero-order valence-electron chi connectivity index (χ0n) is 15.1. The summed E-state index contributed by atoms with van der Waals surface area (Å²) >= 11 is 0. The van der Waals surface area contributed by atoms with Gasteiger partial charge < -0.3 is 9.84 Å². The van der Waals surface area contributed by atoms with Crippen LogP contribution in [0.25, 0.3) is 0 Å². The van der Waals surface area contributed by atoms with Gasteiger partial charge in [-0.05, 0) is 19.3 Å². The van der Waals surface area contributed by atoms with E-state index in [-0.39, 0.29) is 12.1 Å². The first-order chi connectivity index (χ1) is 10.6. The standard InChI is InChI=1S/C10H20O.C9H18O2/c1-3-5-6-7-9-10(11)8-4-2;1-3-4-5-6-7-8-9(10)11-2/h4,10-11H,2-3,5-9H2,1H3;3-8H2,1-2H3/t10-;/m0./s1. The summed E-state index contributed by atoms with van der Waals surface area (Å²) in [5, 5.41) is 9.28. The number of hydrogen-bond acceptors (Lipinski definition) is 3. The molecule has 0 fully saturated rings. The highest BCUT2D eigenvalue weighted by Gasteiger charge is 1.99. The van der Waals surface area contributed by atoms with Crippen LogP contribution in [-0.2, 0) is 9.53 Å². The smallest absolute Gasteiger partial charge is 0.305 e. The van der Waals surface area contributed by atoms with Crippen molar-refractivity contribution in [3.63, 3.8) is 0 Å². The van der Waals surface area contributed by atoms with E-state index >= 15 is 0 Å². The molecule has 0 saturated heterocycles. The highest BCUT2D eigenvalue weighted by atomic mass is 16.5. The van der Waals surface area contributed by atoms with Gasteiger partial charge in [-0.1, -0.05) is 71.3 Å². The second-order valence-electron chi connectivity index (χ2n) is 5.77. The Balaban J connectivity index is 0. The van der Waals surface area contributed by atoms with Gasteiger partial charge in [0.25, 0.3) is 0 Å². The second-order valence-corrected chi connectivity index (χ2v) is 5.77. The first-order valence-electron chi connectivity index (χ1n) is 8.98. The summed E-state index contributed by atoms with van der Waals surface area (Å²) in [4.78, 5) is 10.6. The number of ether oxygens (including phenoxy) is 1. The van der Waals surface area contributed by atoms with E-state index in [1.54, 1.807) is 6.08 Å². The van der Waals surface area contributed by atoms with Gasteiger partial charge in [0, 0.05) is 6.42 Å². The molecule has 22 heavy (non-hydrogen) atoms. The Bertz CT molecular complexity index is 239. The average molecular weight is 315 g/mol. The van der Waals surface area contributed by atoms with E-state index in [4.69, 9.17) is 0 Å². The molecule has 0 saturated carbocycles. The van der Waals surface area contributed by atoms with Crippen molar-refractivity contribution in [3.8, 4) is 0 Å². The average Bonchev–Trinajstić information content (AvgIpc) is 2.52. The minimum Gasteiger partial charge on any atom is -0.469 e. The van der Waals surface area contributed by atoms with Crippen LogP contribution in [0.2, 0.25) is 0 Å². The van der Waals surface area contributed by atoms with Crippen molar-refractivity contribution in [2.45, 2.75) is 97.0 Å². The SMILES string of the molecule is C=CC[C@H](O)CCCCCC.CCCCCCCC(=O)OC. The van der Waals surface area contributed by atoms with Gasteiger partial charge in [0.15, 0.2) is 0 Å². The van der Waals surface area contributed by atoms with Crippen molar-refractivity contribution in [3.05, 3.63) is 12.7 Å². The molecule has 0 aromatic heterocycles. The molecule has 0 radical (unpaired) electrons. The van der Waals surface area contributed by atoms with Crippen LogP contribution in [-0.4, -0.2) is 24.3 Å². The van der Waals surface area contributed by atoms with Gasteiger partial charge in [-0.15, -0.1) is 6.58 Å². The number of hydrogen-bond donors (Lipinski definition) is 1. The first-order valence-corrected chi connectivity index (χ1v) is 8.98. The molecule has 3 nitrogen and oxygen atoms in total. The molecule has 0 aliphatic rings. The zero-order chi connectivity index (χ0) is 17.1. The lowest BCUT2D eigenvalue weighted by atomic mass is 10.1. The normalized spacial score (nSPS) is 11.3. The molecule has 0 heterocycles. The molecular weight excluding hydrogens is 276 g/mol. The number of carbonyl (C=O) groups excluding carboxylic acids is 1. The molecule has 0 aliphatic carbocycles. The number of rotatable bonds is 13. The largest absolute Gasteiger partial charge is 0.469 e. The number of aliphatic hydroxyl groups excluding tert-OH is 1. The molecule has 0 bridgehead atoms. The lowest BCUT2D eigenvalue weighted by Gasteiger charge is -2.06. The molecule has 0 aliphatic heterocycles. The van der Waals surface area contributed by atoms with E-state index < -0.39 is 0 Å². The van der Waals surface area contributed by atoms with Gasteiger partial charge in [0.05, 0.1) is 13.2 Å². The topological polar surface area (TPSA) is 46.5 Å². The third kappa shape index (κ3) is 21.5. The predicted octanol–water partition coefficient (Wildman–Crippen LogP) is 5.41. The summed E-state index contributed by atoms with van der Waals surface area (Å²) in [7, 11) is 1.44. The summed E-state index contributed by atoms with van der Waals surface area (Å²) < 4.78 is 4.52. The zero-order valence-corrected chi connectivity index (χ0v) is 15.1. The molecule has 0 rings (SSSR count). The summed E-state index contributed by atoms with van der Waals surface area (Å²) in [5.74, 6) is -0.0819. The Morgan fingerprint density at radius 2 is 1.59 bits per heavy atom. The summed E-state index contributed by atoms with van der Waals surface area (Å²) in [6, 6.07) is 0. The van der Waals surface area contributed by atoms with Crippen molar-refractivity contribution < 1.29 is 14.6 Å². The Labute approximate surface area is 138 Å². The fraction of sp³-hybridized carbons (Fsp3) is 0.842. The van der Waals surface area contributed by atoms with Crippen molar-refractivity contribution in [2.24, 2.45) is 0 Å². The lowest BCUT2D eigenvalue weighted by molar-refractivity contribution is -0.140. The summed E-state index contributed by atoms with van der Waals surface area (Å²) in [5.41, 5.74) is 0. The maximum Gasteiger partial charge on any atom is 0.305 e. The summed E-state index contributed by atoms with van der Waals surface area (Å²) in [6.07, 6.45) is 14.8. The maximum atomic E-state index is 10.6. The number of unbranched alkanes of at least 4 members (excludes halogenated alkanes) is 7. The van der Waals surface area contributed by atoms with Crippen LogP contribution in [0.4, 0.5) is 0 Å². The van der Waals surface area contributed by atoms with Gasteiger partial charge >= 0.3 is 5.97 Å². The van der Waals surface area contributed by atoms with Crippen LogP contribution < -0.4 is 0 Å². The lowest BCUT2D eigenvalue weighted by Crippen LogP contribution is -2.03. The predicted molar refractivity (Wildman–Crippen MR) is 95.0 cm³/mol. The third-order valence-corrected chi connectivity index (χ3v) is 3.54. The molecule has 0 aromatic rings. The minimum absolute atomic E-state index is 0.0819. The Morgan fingerprint density at radius 3 is 2.09 bits per heavy atom. The van der Waals surface area contributed by atoms with Gasteiger partial charge in [-0.25, -0.2) is 0 Å². The van der Waals surface area contributed by atoms with E-state index in [2.05, 4.69) is 25.2 Å². The van der Waals surface area contributed by atoms with Crippen LogP contribution in [0.1, 0.15) is 90.9 Å². The van der Waals surface area contributed by atoms with Crippen LogP contribution >= 0.6 is 0 Å². The number of carbonyl (C=O) groups is 1. The molecule has 1 atom stereocenters. The van der Waals surface area contributed by atoms with Crippen LogP contribution in [0.5, 0.6) is 0 Å². The molecule has 0 amide bonds. The third-order valence-electron chi connectivity index (χ3n) is 3.54. The fourth-order valence-corrected chi connectivity index (χ4v) is 2.09. The Hall–Kier alpha value is -0.830. The van der Waals surface area contributed by atoms with Crippen LogP contribution in [0.3, 0.4) is 0 Å². The van der Waals surface area contributed by atoms with Crippen LogP contribution in [0.15, 0.2) is 12.7 Å². The monoisotopic (exact) mass is 314 g/mol. The van der Waals surface area contributed by atoms with Crippen molar-refractivity contribution in [1.82, 2.24) is 0 Å². The van der Waals surface area contributed by atoms with Crippen molar-refractivity contribution in [2.75, 3.05) is 7.11 Å². The quantitative estimate of drug-likeness (QED) is 0.281. The van der Waals surface area contributed by atoms with E-state index in [1.807, 2.05) is 0 Å². The van der Waals surface area contributed by atoms with E-state index in [0.29, 0.717) is 6.42 Å². The van der Waals surface area contributed by atoms with Crippen molar-refractivity contribution in [1.29, 1.82) is 0 Å². The van der Waals surface area contributed by atoms with Gasteiger partial charge in [-0.3, -0.25) is 4.79 Å². The van der Waals surface area contributed by atoms with E-state index in [9.17, 15) is 9.90 Å². The van der Waals surface area contributed by atoms with Gasteiger partial charge in [0.2, 0.25) is 0 Å². The van der Waals surface area contributed by atoms with Gasteiger partial charge in [0.1, 0.15) is 0 Å². The molecule has 3 heteroatoms. The highest BCUT2D eigenvalue weighted by molar-refractivity contribution is 5.68. The Morgan fingerprint density at radius 1 is 1.05 bits per heavy atom. The van der Waals surface area contributed by atoms with Crippen molar-refractivity contribution >= 4 is 5.97 Å². The molecule has 0 unspecified atom stereocenters. The highest BCUT2D eigenvalue weighted by Crippen LogP contribution is 2.07. The van der Waals surface area contributed by atoms with Gasteiger partial charge in [-0.2, -0.15) is 0 Å². The molecule has 0 aromatic carbocycles. The first kappa shape index (κ1) is 23.4. The molecule has 1 N–H and O–H groups in total. The Kier molecular flexibility index (Phi) is 21.5. The number of esters is 1. The van der Waals surface area contributed by atoms with E-state index in [1.165, 1.54) is 45.6 Å². The van der Waals surface area contributed by atoms with Crippen LogP contribution in [0, 0.1) is 0 Å². The molecule has 132 valence electrons.